The molecule has 0 heterocycles. The normalized spacial score (nSPS) is 9.64. The van der Waals surface area contributed by atoms with E-state index in [1.54, 1.807) is 0 Å². The number of rotatable bonds is 1. The zero-order chi connectivity index (χ0) is 8.27. The lowest BCUT2D eigenvalue weighted by molar-refractivity contribution is 0.276. The predicted octanol–water partition coefficient (Wildman–Crippen LogP) is 3.90. The molecule has 0 saturated carbocycles. The first-order valence-corrected chi connectivity index (χ1v) is 4.80. The molecule has 0 aliphatic rings. The van der Waals surface area contributed by atoms with Gasteiger partial charge in [0, 0.05) is 9.37 Å². The summed E-state index contributed by atoms with van der Waals surface area (Å²) in [5.74, 6) is 0. The van der Waals surface area contributed by atoms with Crippen molar-refractivity contribution in [2.75, 3.05) is 0 Å². The van der Waals surface area contributed by atoms with Crippen molar-refractivity contribution >= 4 is 43.9 Å². The molecule has 1 aromatic carbocycles. The van der Waals surface area contributed by atoms with E-state index in [-0.39, 0.29) is 0 Å². The van der Waals surface area contributed by atoms with Crippen molar-refractivity contribution in [3.05, 3.63) is 28.7 Å². The summed E-state index contributed by atoms with van der Waals surface area (Å²) in [5.41, 5.74) is 0. The van der Waals surface area contributed by atoms with E-state index in [1.165, 1.54) is 0 Å². The van der Waals surface area contributed by atoms with E-state index in [0.29, 0.717) is 0 Å². The van der Waals surface area contributed by atoms with E-state index in [9.17, 15) is 4.79 Å². The highest BCUT2D eigenvalue weighted by Gasteiger charge is 1.99. The highest BCUT2D eigenvalue weighted by atomic mass is 79.9. The van der Waals surface area contributed by atoms with Gasteiger partial charge in [0.1, 0.15) is 0 Å². The zero-order valence-electron chi connectivity index (χ0n) is 5.38. The topological polar surface area (TPSA) is 17.1 Å². The number of hydrogen-bond donors (Lipinski definition) is 0. The van der Waals surface area contributed by atoms with Crippen LogP contribution in [-0.4, -0.2) is 4.57 Å². The van der Waals surface area contributed by atoms with Gasteiger partial charge in [0.25, 0.3) is 4.57 Å². The van der Waals surface area contributed by atoms with Crippen LogP contribution in [0.25, 0.3) is 0 Å². The highest BCUT2D eigenvalue weighted by Crippen LogP contribution is 2.24. The Morgan fingerprint density at radius 3 is 2.82 bits per heavy atom. The SMILES string of the molecule is O=C(Cl)Sc1cccc(Br)c1. The summed E-state index contributed by atoms with van der Waals surface area (Å²) in [5, 5.41) is 0. The molecule has 0 atom stereocenters. The van der Waals surface area contributed by atoms with Gasteiger partial charge in [-0.3, -0.25) is 4.79 Å². The Bertz CT molecular complexity index is 277. The van der Waals surface area contributed by atoms with E-state index < -0.39 is 4.57 Å². The first kappa shape index (κ1) is 9.10. The van der Waals surface area contributed by atoms with Crippen LogP contribution in [0.3, 0.4) is 0 Å². The van der Waals surface area contributed by atoms with E-state index in [2.05, 4.69) is 15.9 Å². The van der Waals surface area contributed by atoms with Crippen molar-refractivity contribution in [2.24, 2.45) is 0 Å². The third-order valence-electron chi connectivity index (χ3n) is 0.994. The van der Waals surface area contributed by atoms with Crippen LogP contribution in [0.4, 0.5) is 4.79 Å². The fourth-order valence-electron chi connectivity index (χ4n) is 0.623. The first-order chi connectivity index (χ1) is 5.18. The van der Waals surface area contributed by atoms with Gasteiger partial charge >= 0.3 is 0 Å². The number of halogens is 2. The van der Waals surface area contributed by atoms with Gasteiger partial charge in [-0.05, 0) is 41.6 Å². The Balaban J connectivity index is 2.79. The Labute approximate surface area is 82.3 Å². The zero-order valence-corrected chi connectivity index (χ0v) is 8.54. The van der Waals surface area contributed by atoms with Crippen molar-refractivity contribution in [3.63, 3.8) is 0 Å². The maximum Gasteiger partial charge on any atom is 0.284 e. The minimum atomic E-state index is -0.414. The molecule has 0 radical (unpaired) electrons. The molecule has 0 spiro atoms. The minimum Gasteiger partial charge on any atom is -0.268 e. The van der Waals surface area contributed by atoms with Crippen molar-refractivity contribution in [3.8, 4) is 0 Å². The summed E-state index contributed by atoms with van der Waals surface area (Å²) < 4.78 is 0.531. The molecule has 11 heavy (non-hydrogen) atoms. The minimum absolute atomic E-state index is 0.414. The van der Waals surface area contributed by atoms with Crippen molar-refractivity contribution in [1.82, 2.24) is 0 Å². The molecule has 4 heteroatoms. The van der Waals surface area contributed by atoms with Crippen LogP contribution >= 0.6 is 39.3 Å². The molecule has 0 aromatic heterocycles. The van der Waals surface area contributed by atoms with Gasteiger partial charge in [-0.2, -0.15) is 0 Å². The molecular formula is C7H4BrClOS. The molecular weight excluding hydrogens is 247 g/mol. The lowest BCUT2D eigenvalue weighted by atomic mass is 10.4. The van der Waals surface area contributed by atoms with Crippen LogP contribution in [0.2, 0.25) is 0 Å². The molecule has 0 unspecified atom stereocenters. The fourth-order valence-corrected chi connectivity index (χ4v) is 1.96. The number of carbonyl (C=O) groups is 1. The fraction of sp³-hybridized carbons (Fsp3) is 0. The number of carbonyl (C=O) groups excluding carboxylic acids is 1. The molecule has 1 nitrogen and oxygen atoms in total. The van der Waals surface area contributed by atoms with E-state index in [0.717, 1.165) is 21.1 Å². The van der Waals surface area contributed by atoms with Gasteiger partial charge in [-0.25, -0.2) is 0 Å². The van der Waals surface area contributed by atoms with E-state index in [1.807, 2.05) is 24.3 Å². The van der Waals surface area contributed by atoms with Crippen LogP contribution in [0.1, 0.15) is 0 Å². The lowest BCUT2D eigenvalue weighted by Crippen LogP contribution is -1.74. The molecule has 0 N–H and O–H groups in total. The molecule has 0 saturated heterocycles. The van der Waals surface area contributed by atoms with E-state index in [4.69, 9.17) is 11.6 Å². The number of hydrogen-bond acceptors (Lipinski definition) is 2. The number of benzene rings is 1. The number of thioether (sulfide) groups is 1. The van der Waals surface area contributed by atoms with Crippen molar-refractivity contribution in [2.45, 2.75) is 4.90 Å². The Morgan fingerprint density at radius 2 is 2.27 bits per heavy atom. The van der Waals surface area contributed by atoms with Gasteiger partial charge in [-0.1, -0.05) is 22.0 Å². The second-order valence-electron chi connectivity index (χ2n) is 1.80. The maximum absolute atomic E-state index is 10.4. The first-order valence-electron chi connectivity index (χ1n) is 2.81. The molecule has 0 amide bonds. The molecule has 1 aromatic rings. The van der Waals surface area contributed by atoms with Crippen LogP contribution in [-0.2, 0) is 0 Å². The van der Waals surface area contributed by atoms with Gasteiger partial charge in [0.15, 0.2) is 0 Å². The van der Waals surface area contributed by atoms with E-state index >= 15 is 0 Å². The third kappa shape index (κ3) is 3.27. The average Bonchev–Trinajstić information content (AvgIpc) is 1.85. The average molecular weight is 252 g/mol. The molecule has 0 aliphatic carbocycles. The largest absolute Gasteiger partial charge is 0.284 e. The summed E-state index contributed by atoms with van der Waals surface area (Å²) in [6.07, 6.45) is 0. The van der Waals surface area contributed by atoms with Crippen molar-refractivity contribution in [1.29, 1.82) is 0 Å². The van der Waals surface area contributed by atoms with Crippen LogP contribution in [0.5, 0.6) is 0 Å². The van der Waals surface area contributed by atoms with Gasteiger partial charge < -0.3 is 0 Å². The standard InChI is InChI=1S/C7H4BrClOS/c8-5-2-1-3-6(4-5)11-7(9)10/h1-4H. The monoisotopic (exact) mass is 250 g/mol. The molecule has 0 bridgehead atoms. The second kappa shape index (κ2) is 4.14. The molecule has 0 aliphatic heterocycles. The molecule has 1 rings (SSSR count). The third-order valence-corrected chi connectivity index (χ3v) is 2.37. The summed E-state index contributed by atoms with van der Waals surface area (Å²) in [6, 6.07) is 7.41. The van der Waals surface area contributed by atoms with Crippen LogP contribution in [0, 0.1) is 0 Å². The molecule has 58 valence electrons. The Hall–Kier alpha value is 0.01000. The van der Waals surface area contributed by atoms with Crippen molar-refractivity contribution < 1.29 is 4.79 Å². The maximum atomic E-state index is 10.4. The van der Waals surface area contributed by atoms with Gasteiger partial charge in [0.2, 0.25) is 0 Å². The van der Waals surface area contributed by atoms with Crippen LogP contribution in [0.15, 0.2) is 33.6 Å². The lowest BCUT2D eigenvalue weighted by Gasteiger charge is -1.94. The van der Waals surface area contributed by atoms with Gasteiger partial charge in [-0.15, -0.1) is 0 Å². The Kier molecular flexibility index (Phi) is 3.43. The second-order valence-corrected chi connectivity index (χ2v) is 4.33. The van der Waals surface area contributed by atoms with Crippen LogP contribution < -0.4 is 0 Å². The summed E-state index contributed by atoms with van der Waals surface area (Å²) in [6.45, 7) is 0. The molecule has 0 fully saturated rings. The Morgan fingerprint density at radius 1 is 1.55 bits per heavy atom. The predicted molar refractivity (Wildman–Crippen MR) is 51.2 cm³/mol. The summed E-state index contributed by atoms with van der Waals surface area (Å²) in [7, 11) is 0. The quantitative estimate of drug-likeness (QED) is 0.556. The summed E-state index contributed by atoms with van der Waals surface area (Å²) in [4.78, 5) is 11.3. The summed E-state index contributed by atoms with van der Waals surface area (Å²) >= 11 is 9.47. The highest BCUT2D eigenvalue weighted by molar-refractivity contribution is 9.10. The van der Waals surface area contributed by atoms with Gasteiger partial charge in [0.05, 0.1) is 0 Å². The smallest absolute Gasteiger partial charge is 0.268 e.